The number of nitrogens with one attached hydrogen (secondary N) is 1. The first-order valence-corrected chi connectivity index (χ1v) is 7.63. The molecule has 7 heteroatoms. The number of rotatable bonds is 6. The number of hydrogen-bond donors (Lipinski definition) is 2. The molecule has 1 rings (SSSR count). The van der Waals surface area contributed by atoms with Crippen LogP contribution in [0.3, 0.4) is 0 Å². The largest absolute Gasteiger partial charge is 0.480 e. The fourth-order valence-corrected chi connectivity index (χ4v) is 3.38. The number of carboxylic acids is 1. The van der Waals surface area contributed by atoms with Crippen molar-refractivity contribution in [3.63, 3.8) is 0 Å². The normalized spacial score (nSPS) is 13.4. The molecule has 0 aliphatic rings. The minimum atomic E-state index is -4.22. The number of aliphatic carboxylic acids is 1. The molecule has 0 fully saturated rings. The lowest BCUT2D eigenvalue weighted by molar-refractivity contribution is -0.139. The zero-order valence-corrected chi connectivity index (χ0v) is 12.4. The van der Waals surface area contributed by atoms with Gasteiger partial charge in [-0.1, -0.05) is 26.0 Å². The summed E-state index contributed by atoms with van der Waals surface area (Å²) in [6.45, 7) is 5.01. The van der Waals surface area contributed by atoms with Crippen molar-refractivity contribution in [2.45, 2.75) is 38.1 Å². The third-order valence-corrected chi connectivity index (χ3v) is 4.38. The molecule has 0 saturated carbocycles. The van der Waals surface area contributed by atoms with E-state index in [9.17, 15) is 17.6 Å². The molecule has 0 saturated heterocycles. The number of halogens is 1. The molecule has 20 heavy (non-hydrogen) atoms. The van der Waals surface area contributed by atoms with E-state index in [1.54, 1.807) is 13.8 Å². The van der Waals surface area contributed by atoms with Crippen molar-refractivity contribution in [1.82, 2.24) is 4.72 Å². The predicted octanol–water partition coefficient (Wildman–Crippen LogP) is 1.91. The van der Waals surface area contributed by atoms with Crippen molar-refractivity contribution in [2.75, 3.05) is 0 Å². The summed E-state index contributed by atoms with van der Waals surface area (Å²) in [7, 11) is -4.22. The molecule has 1 aromatic rings. The Kier molecular flexibility index (Phi) is 5.24. The second-order valence-electron chi connectivity index (χ2n) is 5.03. The van der Waals surface area contributed by atoms with E-state index in [1.165, 1.54) is 19.1 Å². The van der Waals surface area contributed by atoms with Gasteiger partial charge in [0.2, 0.25) is 10.0 Å². The summed E-state index contributed by atoms with van der Waals surface area (Å²) in [4.78, 5) is 10.6. The maximum absolute atomic E-state index is 13.7. The Morgan fingerprint density at radius 1 is 1.40 bits per heavy atom. The molecule has 0 aliphatic carbocycles. The molecular weight excluding hydrogens is 285 g/mol. The molecule has 0 heterocycles. The first-order valence-electron chi connectivity index (χ1n) is 6.15. The van der Waals surface area contributed by atoms with Crippen LogP contribution in [0.4, 0.5) is 4.39 Å². The fourth-order valence-electron chi connectivity index (χ4n) is 1.87. The Balaban J connectivity index is 3.13. The van der Waals surface area contributed by atoms with Crippen molar-refractivity contribution in [1.29, 1.82) is 0 Å². The van der Waals surface area contributed by atoms with Crippen molar-refractivity contribution >= 4 is 16.0 Å². The van der Waals surface area contributed by atoms with Gasteiger partial charge in [0.15, 0.2) is 0 Å². The highest BCUT2D eigenvalue weighted by Gasteiger charge is 2.29. The van der Waals surface area contributed by atoms with Gasteiger partial charge in [-0.15, -0.1) is 0 Å². The smallest absolute Gasteiger partial charge is 0.321 e. The molecule has 1 aromatic carbocycles. The molecule has 0 amide bonds. The molecule has 0 spiro atoms. The van der Waals surface area contributed by atoms with Crippen LogP contribution in [-0.2, 0) is 14.8 Å². The van der Waals surface area contributed by atoms with Crippen molar-refractivity contribution < 1.29 is 22.7 Å². The highest BCUT2D eigenvalue weighted by Crippen LogP contribution is 2.20. The van der Waals surface area contributed by atoms with Gasteiger partial charge in [-0.05, 0) is 30.9 Å². The lowest BCUT2D eigenvalue weighted by Gasteiger charge is -2.17. The highest BCUT2D eigenvalue weighted by atomic mass is 32.2. The number of sulfonamides is 1. The number of hydrogen-bond acceptors (Lipinski definition) is 3. The highest BCUT2D eigenvalue weighted by molar-refractivity contribution is 7.89. The zero-order chi connectivity index (χ0) is 15.5. The van der Waals surface area contributed by atoms with Crippen LogP contribution in [0.2, 0.25) is 0 Å². The zero-order valence-electron chi connectivity index (χ0n) is 11.6. The van der Waals surface area contributed by atoms with Crippen LogP contribution in [0.25, 0.3) is 0 Å². The van der Waals surface area contributed by atoms with Crippen molar-refractivity contribution in [3.8, 4) is 0 Å². The summed E-state index contributed by atoms with van der Waals surface area (Å²) in [6.07, 6.45) is 0.127. The van der Waals surface area contributed by atoms with Crippen LogP contribution in [-0.4, -0.2) is 25.5 Å². The summed E-state index contributed by atoms with van der Waals surface area (Å²) in [5, 5.41) is 9.05. The van der Waals surface area contributed by atoms with Gasteiger partial charge in [-0.2, -0.15) is 4.72 Å². The minimum Gasteiger partial charge on any atom is -0.480 e. The molecule has 1 atom stereocenters. The van der Waals surface area contributed by atoms with Gasteiger partial charge in [0.25, 0.3) is 0 Å². The summed E-state index contributed by atoms with van der Waals surface area (Å²) < 4.78 is 40.1. The van der Waals surface area contributed by atoms with Crippen LogP contribution >= 0.6 is 0 Å². The summed E-state index contributed by atoms with van der Waals surface area (Å²) >= 11 is 0. The van der Waals surface area contributed by atoms with E-state index < -0.39 is 32.7 Å². The number of benzene rings is 1. The standard InChI is InChI=1S/C13H18FNO4S/c1-8(2)7-11(13(16)17)15-20(18,19)12-9(3)5-4-6-10(12)14/h4-6,8,11,15H,7H2,1-3H3,(H,16,17). The van der Waals surface area contributed by atoms with E-state index in [0.29, 0.717) is 0 Å². The van der Waals surface area contributed by atoms with Gasteiger partial charge < -0.3 is 5.11 Å². The average molecular weight is 303 g/mol. The SMILES string of the molecule is Cc1cccc(F)c1S(=O)(=O)NC(CC(C)C)C(=O)O. The number of carboxylic acid groups (broad SMARTS) is 1. The van der Waals surface area contributed by atoms with Gasteiger partial charge in [0.05, 0.1) is 0 Å². The van der Waals surface area contributed by atoms with E-state index >= 15 is 0 Å². The topological polar surface area (TPSA) is 83.5 Å². The monoisotopic (exact) mass is 303 g/mol. The molecule has 2 N–H and O–H groups in total. The molecule has 112 valence electrons. The van der Waals surface area contributed by atoms with Crippen molar-refractivity contribution in [3.05, 3.63) is 29.6 Å². The summed E-state index contributed by atoms with van der Waals surface area (Å²) in [6, 6.07) is 2.60. The van der Waals surface area contributed by atoms with E-state index in [2.05, 4.69) is 4.72 Å². The molecule has 1 unspecified atom stereocenters. The molecular formula is C13H18FNO4S. The first kappa shape index (κ1) is 16.6. The quantitative estimate of drug-likeness (QED) is 0.841. The average Bonchev–Trinajstić information content (AvgIpc) is 2.26. The van der Waals surface area contributed by atoms with Gasteiger partial charge in [-0.25, -0.2) is 12.8 Å². The number of aryl methyl sites for hydroxylation is 1. The molecule has 5 nitrogen and oxygen atoms in total. The first-order chi connectivity index (χ1) is 9.15. The van der Waals surface area contributed by atoms with Gasteiger partial charge in [0.1, 0.15) is 16.8 Å². The molecule has 0 aromatic heterocycles. The van der Waals surface area contributed by atoms with Crippen LogP contribution < -0.4 is 4.72 Å². The second kappa shape index (κ2) is 6.32. The molecule has 0 aliphatic heterocycles. The van der Waals surface area contributed by atoms with Gasteiger partial charge in [0, 0.05) is 0 Å². The Morgan fingerprint density at radius 3 is 2.45 bits per heavy atom. The van der Waals surface area contributed by atoms with Crippen LogP contribution in [0, 0.1) is 18.7 Å². The van der Waals surface area contributed by atoms with Crippen molar-refractivity contribution in [2.24, 2.45) is 5.92 Å². The predicted molar refractivity (Wildman–Crippen MR) is 72.3 cm³/mol. The van der Waals surface area contributed by atoms with Crippen LogP contribution in [0.5, 0.6) is 0 Å². The third-order valence-electron chi connectivity index (χ3n) is 2.74. The summed E-state index contributed by atoms with van der Waals surface area (Å²) in [5.41, 5.74) is 0.228. The van der Waals surface area contributed by atoms with E-state index in [0.717, 1.165) is 6.07 Å². The fraction of sp³-hybridized carbons (Fsp3) is 0.462. The van der Waals surface area contributed by atoms with E-state index in [-0.39, 0.29) is 17.9 Å². The Morgan fingerprint density at radius 2 is 2.00 bits per heavy atom. The lowest BCUT2D eigenvalue weighted by atomic mass is 10.1. The van der Waals surface area contributed by atoms with Crippen LogP contribution in [0.15, 0.2) is 23.1 Å². The van der Waals surface area contributed by atoms with Crippen LogP contribution in [0.1, 0.15) is 25.8 Å². The maximum atomic E-state index is 13.7. The molecule has 0 bridgehead atoms. The maximum Gasteiger partial charge on any atom is 0.321 e. The molecule has 0 radical (unpaired) electrons. The van der Waals surface area contributed by atoms with E-state index in [4.69, 9.17) is 5.11 Å². The Hall–Kier alpha value is -1.47. The third kappa shape index (κ3) is 4.01. The lowest BCUT2D eigenvalue weighted by Crippen LogP contribution is -2.42. The minimum absolute atomic E-state index is 0.0134. The number of carbonyl (C=O) groups is 1. The van der Waals surface area contributed by atoms with Gasteiger partial charge >= 0.3 is 5.97 Å². The summed E-state index contributed by atoms with van der Waals surface area (Å²) in [5.74, 6) is -2.19. The Labute approximate surface area is 117 Å². The van der Waals surface area contributed by atoms with E-state index in [1.807, 2.05) is 0 Å². The Bertz CT molecular complexity index is 578. The second-order valence-corrected chi connectivity index (χ2v) is 6.68. The van der Waals surface area contributed by atoms with Gasteiger partial charge in [-0.3, -0.25) is 4.79 Å².